The first-order valence-corrected chi connectivity index (χ1v) is 8.05. The van der Waals surface area contributed by atoms with Crippen LogP contribution in [0.1, 0.15) is 19.2 Å². The number of hydrogen-bond acceptors (Lipinski definition) is 7. The minimum absolute atomic E-state index is 0.0206. The largest absolute Gasteiger partial charge is 0.416 e. The van der Waals surface area contributed by atoms with Crippen molar-refractivity contribution in [2.45, 2.75) is 25.0 Å². The lowest BCUT2D eigenvalue weighted by Gasteiger charge is -2.06. The van der Waals surface area contributed by atoms with Gasteiger partial charge in [-0.1, -0.05) is 30.3 Å². The van der Waals surface area contributed by atoms with E-state index in [4.69, 9.17) is 16.0 Å². The van der Waals surface area contributed by atoms with Crippen molar-refractivity contribution in [1.82, 2.24) is 10.2 Å². The standard InChI is InChI=1S/C13H13ClN4O4S/c1-2-3-12-16-17-13(22-12)23-7-11(19)15-10-6-8(18(20)21)4-5-9(10)14/h4-6H,2-3,7H2,1H3,(H,15,19). The van der Waals surface area contributed by atoms with Gasteiger partial charge in [0.2, 0.25) is 11.8 Å². The van der Waals surface area contributed by atoms with E-state index in [-0.39, 0.29) is 28.1 Å². The maximum atomic E-state index is 11.9. The minimum atomic E-state index is -0.561. The van der Waals surface area contributed by atoms with Crippen molar-refractivity contribution in [1.29, 1.82) is 0 Å². The molecule has 0 aliphatic carbocycles. The van der Waals surface area contributed by atoms with Crippen LogP contribution in [0, 0.1) is 10.1 Å². The topological polar surface area (TPSA) is 111 Å². The summed E-state index contributed by atoms with van der Waals surface area (Å²) in [6.45, 7) is 1.99. The van der Waals surface area contributed by atoms with Gasteiger partial charge in [0.15, 0.2) is 0 Å². The first kappa shape index (κ1) is 17.2. The van der Waals surface area contributed by atoms with Crippen LogP contribution in [0.25, 0.3) is 0 Å². The molecule has 122 valence electrons. The molecule has 0 radical (unpaired) electrons. The molecule has 1 amide bonds. The highest BCUT2D eigenvalue weighted by molar-refractivity contribution is 7.99. The summed E-state index contributed by atoms with van der Waals surface area (Å²) in [6, 6.07) is 3.83. The molecule has 0 unspecified atom stereocenters. The van der Waals surface area contributed by atoms with Crippen molar-refractivity contribution in [3.63, 3.8) is 0 Å². The first-order valence-electron chi connectivity index (χ1n) is 6.68. The maximum Gasteiger partial charge on any atom is 0.277 e. The number of carbonyl (C=O) groups is 1. The van der Waals surface area contributed by atoms with E-state index in [1.54, 1.807) is 0 Å². The summed E-state index contributed by atoms with van der Waals surface area (Å²) in [5, 5.41) is 21.4. The van der Waals surface area contributed by atoms with Gasteiger partial charge in [0.1, 0.15) is 0 Å². The zero-order valence-electron chi connectivity index (χ0n) is 12.1. The molecule has 0 fully saturated rings. The Morgan fingerprint density at radius 2 is 2.26 bits per heavy atom. The number of hydrogen-bond donors (Lipinski definition) is 1. The number of halogens is 1. The van der Waals surface area contributed by atoms with Crippen molar-refractivity contribution in [3.8, 4) is 0 Å². The van der Waals surface area contributed by atoms with Gasteiger partial charge in [0.05, 0.1) is 21.4 Å². The number of nitro groups is 1. The molecule has 2 rings (SSSR count). The fourth-order valence-electron chi connectivity index (χ4n) is 1.65. The van der Waals surface area contributed by atoms with E-state index in [9.17, 15) is 14.9 Å². The van der Waals surface area contributed by atoms with E-state index in [1.165, 1.54) is 18.2 Å². The Morgan fingerprint density at radius 1 is 1.48 bits per heavy atom. The van der Waals surface area contributed by atoms with Crippen LogP contribution >= 0.6 is 23.4 Å². The van der Waals surface area contributed by atoms with Crippen molar-refractivity contribution in [2.75, 3.05) is 11.1 Å². The summed E-state index contributed by atoms with van der Waals surface area (Å²) in [5.74, 6) is 0.164. The highest BCUT2D eigenvalue weighted by Crippen LogP contribution is 2.27. The molecule has 8 nitrogen and oxygen atoms in total. The highest BCUT2D eigenvalue weighted by atomic mass is 35.5. The summed E-state index contributed by atoms with van der Waals surface area (Å²) < 4.78 is 5.34. The number of amides is 1. The van der Waals surface area contributed by atoms with Gasteiger partial charge in [-0.15, -0.1) is 10.2 Å². The number of carbonyl (C=O) groups excluding carboxylic acids is 1. The Labute approximate surface area is 140 Å². The molecule has 1 heterocycles. The number of non-ortho nitro benzene ring substituents is 1. The van der Waals surface area contributed by atoms with E-state index in [0.717, 1.165) is 18.2 Å². The van der Waals surface area contributed by atoms with E-state index in [0.29, 0.717) is 17.5 Å². The van der Waals surface area contributed by atoms with Crippen molar-refractivity contribution in [3.05, 3.63) is 39.2 Å². The number of aromatic nitrogens is 2. The second kappa shape index (κ2) is 7.93. The third-order valence-corrected chi connectivity index (χ3v) is 3.82. The molecule has 2 aromatic rings. The lowest BCUT2D eigenvalue weighted by molar-refractivity contribution is -0.384. The number of nitrogens with zero attached hydrogens (tertiary/aromatic N) is 3. The first-order chi connectivity index (χ1) is 11.0. The molecular weight excluding hydrogens is 344 g/mol. The molecule has 0 bridgehead atoms. The molecule has 0 saturated heterocycles. The Kier molecular flexibility index (Phi) is 5.94. The van der Waals surface area contributed by atoms with Crippen LogP contribution in [0.2, 0.25) is 5.02 Å². The fourth-order valence-corrected chi connectivity index (χ4v) is 2.39. The summed E-state index contributed by atoms with van der Waals surface area (Å²) in [7, 11) is 0. The average Bonchev–Trinajstić information content (AvgIpc) is 2.95. The molecule has 1 aromatic heterocycles. The molecule has 0 atom stereocenters. The second-order valence-electron chi connectivity index (χ2n) is 4.47. The SMILES string of the molecule is CCCc1nnc(SCC(=O)Nc2cc([N+](=O)[O-])ccc2Cl)o1. The molecular formula is C13H13ClN4O4S. The number of nitrogens with one attached hydrogen (secondary N) is 1. The van der Waals surface area contributed by atoms with Crippen LogP contribution in [0.15, 0.2) is 27.8 Å². The molecule has 0 spiro atoms. The number of anilines is 1. The molecule has 23 heavy (non-hydrogen) atoms. The van der Waals surface area contributed by atoms with Crippen molar-refractivity contribution in [2.24, 2.45) is 0 Å². The lowest BCUT2D eigenvalue weighted by Crippen LogP contribution is -2.14. The van der Waals surface area contributed by atoms with Crippen LogP contribution in [-0.2, 0) is 11.2 Å². The van der Waals surface area contributed by atoms with Gasteiger partial charge in [-0.2, -0.15) is 0 Å². The predicted octanol–water partition coefficient (Wildman–Crippen LogP) is 3.31. The molecule has 1 N–H and O–H groups in total. The summed E-state index contributed by atoms with van der Waals surface area (Å²) in [6.07, 6.45) is 1.57. The Bertz CT molecular complexity index is 722. The van der Waals surface area contributed by atoms with Gasteiger partial charge in [0.25, 0.3) is 10.9 Å². The van der Waals surface area contributed by atoms with E-state index in [2.05, 4.69) is 15.5 Å². The number of benzene rings is 1. The molecule has 0 aliphatic rings. The zero-order valence-corrected chi connectivity index (χ0v) is 13.7. The smallest absolute Gasteiger partial charge is 0.277 e. The van der Waals surface area contributed by atoms with Crippen molar-refractivity contribution < 1.29 is 14.1 Å². The number of aryl methyl sites for hydroxylation is 1. The van der Waals surface area contributed by atoms with Crippen molar-refractivity contribution >= 4 is 40.6 Å². The quantitative estimate of drug-likeness (QED) is 0.460. The lowest BCUT2D eigenvalue weighted by atomic mass is 10.3. The zero-order chi connectivity index (χ0) is 16.8. The van der Waals surface area contributed by atoms with Gasteiger partial charge >= 0.3 is 0 Å². The number of rotatable bonds is 7. The number of nitro benzene ring substituents is 1. The Balaban J connectivity index is 1.94. The summed E-state index contributed by atoms with van der Waals surface area (Å²) in [4.78, 5) is 22.1. The Hall–Kier alpha value is -2.13. The predicted molar refractivity (Wildman–Crippen MR) is 85.8 cm³/mol. The van der Waals surface area contributed by atoms with Crippen LogP contribution in [0.4, 0.5) is 11.4 Å². The molecule has 0 aliphatic heterocycles. The normalized spacial score (nSPS) is 10.5. The van der Waals surface area contributed by atoms with Crippen LogP contribution < -0.4 is 5.32 Å². The fraction of sp³-hybridized carbons (Fsp3) is 0.308. The van der Waals surface area contributed by atoms with Gasteiger partial charge < -0.3 is 9.73 Å². The third-order valence-electron chi connectivity index (χ3n) is 2.67. The summed E-state index contributed by atoms with van der Waals surface area (Å²) in [5.41, 5.74) is 0.0297. The van der Waals surface area contributed by atoms with Crippen LogP contribution in [0.3, 0.4) is 0 Å². The number of thioether (sulfide) groups is 1. The second-order valence-corrected chi connectivity index (χ2v) is 5.80. The molecule has 0 saturated carbocycles. The van der Waals surface area contributed by atoms with Gasteiger partial charge in [-0.05, 0) is 12.5 Å². The monoisotopic (exact) mass is 356 g/mol. The van der Waals surface area contributed by atoms with E-state index in [1.807, 2.05) is 6.92 Å². The third kappa shape index (κ3) is 4.93. The summed E-state index contributed by atoms with van der Waals surface area (Å²) >= 11 is 7.00. The molecule has 1 aromatic carbocycles. The van der Waals surface area contributed by atoms with E-state index >= 15 is 0 Å². The van der Waals surface area contributed by atoms with Crippen LogP contribution in [0.5, 0.6) is 0 Å². The van der Waals surface area contributed by atoms with Gasteiger partial charge in [0, 0.05) is 18.6 Å². The maximum absolute atomic E-state index is 11.9. The average molecular weight is 357 g/mol. The van der Waals surface area contributed by atoms with Gasteiger partial charge in [-0.3, -0.25) is 14.9 Å². The minimum Gasteiger partial charge on any atom is -0.416 e. The molecule has 10 heteroatoms. The highest BCUT2D eigenvalue weighted by Gasteiger charge is 2.14. The van der Waals surface area contributed by atoms with Crippen LogP contribution in [-0.4, -0.2) is 26.8 Å². The van der Waals surface area contributed by atoms with Gasteiger partial charge in [-0.25, -0.2) is 0 Å². The van der Waals surface area contributed by atoms with E-state index < -0.39 is 4.92 Å². The Morgan fingerprint density at radius 3 is 2.96 bits per heavy atom.